The van der Waals surface area contributed by atoms with Crippen molar-refractivity contribution in [3.8, 4) is 33.8 Å². The van der Waals surface area contributed by atoms with Crippen molar-refractivity contribution >= 4 is 11.9 Å². The SMILES string of the molecule is COc1ccc(-c2ccccc2)cc1-c1ccccc1N=Cc1cc(C)cc(C23CC4CC(CC(C4)C2)C3)c1O. The number of nitrogens with zero attached hydrogens (tertiary/aromatic N) is 1. The van der Waals surface area contributed by atoms with Crippen LogP contribution in [0.5, 0.6) is 11.5 Å². The molecule has 8 rings (SSSR count). The predicted octanol–water partition coefficient (Wildman–Crippen LogP) is 9.26. The molecule has 4 aliphatic rings. The van der Waals surface area contributed by atoms with Crippen molar-refractivity contribution in [1.29, 1.82) is 0 Å². The lowest BCUT2D eigenvalue weighted by molar-refractivity contribution is -0.00616. The number of para-hydroxylation sites is 1. The first-order valence-electron chi connectivity index (χ1n) is 14.7. The third-order valence-corrected chi connectivity index (χ3v) is 9.74. The number of rotatable bonds is 6. The summed E-state index contributed by atoms with van der Waals surface area (Å²) in [5, 5.41) is 11.7. The molecule has 0 radical (unpaired) electrons. The minimum atomic E-state index is 0.136. The number of hydrogen-bond acceptors (Lipinski definition) is 3. The molecule has 4 fully saturated rings. The Balaban J connectivity index is 1.27. The summed E-state index contributed by atoms with van der Waals surface area (Å²) >= 11 is 0. The van der Waals surface area contributed by atoms with Gasteiger partial charge < -0.3 is 9.84 Å². The topological polar surface area (TPSA) is 41.8 Å². The molecular weight excluding hydrogens is 490 g/mol. The van der Waals surface area contributed by atoms with Crippen LogP contribution in [0.4, 0.5) is 5.69 Å². The second-order valence-electron chi connectivity index (χ2n) is 12.5. The number of methoxy groups -OCH3 is 1. The molecule has 0 atom stereocenters. The monoisotopic (exact) mass is 527 g/mol. The van der Waals surface area contributed by atoms with Gasteiger partial charge in [-0.05, 0) is 110 Å². The van der Waals surface area contributed by atoms with Gasteiger partial charge >= 0.3 is 0 Å². The van der Waals surface area contributed by atoms with Crippen molar-refractivity contribution in [2.45, 2.75) is 50.9 Å². The van der Waals surface area contributed by atoms with Crippen LogP contribution in [0, 0.1) is 24.7 Å². The molecule has 4 aliphatic carbocycles. The second kappa shape index (κ2) is 9.96. The summed E-state index contributed by atoms with van der Waals surface area (Å²) in [6.45, 7) is 2.15. The molecule has 0 spiro atoms. The molecule has 4 aromatic carbocycles. The van der Waals surface area contributed by atoms with Gasteiger partial charge in [-0.15, -0.1) is 0 Å². The number of hydrogen-bond donors (Lipinski definition) is 1. The summed E-state index contributed by atoms with van der Waals surface area (Å²) in [4.78, 5) is 4.98. The van der Waals surface area contributed by atoms with E-state index in [4.69, 9.17) is 9.73 Å². The van der Waals surface area contributed by atoms with Crippen molar-refractivity contribution in [1.82, 2.24) is 0 Å². The van der Waals surface area contributed by atoms with Crippen molar-refractivity contribution in [2.24, 2.45) is 22.7 Å². The largest absolute Gasteiger partial charge is 0.507 e. The van der Waals surface area contributed by atoms with Crippen molar-refractivity contribution < 1.29 is 9.84 Å². The number of aryl methyl sites for hydroxylation is 1. The molecule has 0 heterocycles. The van der Waals surface area contributed by atoms with E-state index < -0.39 is 0 Å². The fraction of sp³-hybridized carbons (Fsp3) is 0.324. The van der Waals surface area contributed by atoms with E-state index in [9.17, 15) is 5.11 Å². The van der Waals surface area contributed by atoms with Crippen LogP contribution < -0.4 is 4.74 Å². The third-order valence-electron chi connectivity index (χ3n) is 9.74. The highest BCUT2D eigenvalue weighted by atomic mass is 16.5. The molecule has 1 N–H and O–H groups in total. The summed E-state index contributed by atoms with van der Waals surface area (Å²) in [5.41, 5.74) is 8.45. The van der Waals surface area contributed by atoms with Gasteiger partial charge in [0, 0.05) is 28.5 Å². The van der Waals surface area contributed by atoms with E-state index in [1.165, 1.54) is 49.7 Å². The molecule has 4 aromatic rings. The summed E-state index contributed by atoms with van der Waals surface area (Å²) in [5.74, 6) is 3.73. The molecule has 0 aromatic heterocycles. The maximum absolute atomic E-state index is 11.7. The fourth-order valence-corrected chi connectivity index (χ4v) is 8.43. The molecule has 3 nitrogen and oxygen atoms in total. The molecule has 4 saturated carbocycles. The summed E-state index contributed by atoms with van der Waals surface area (Å²) < 4.78 is 5.78. The van der Waals surface area contributed by atoms with Gasteiger partial charge in [0.15, 0.2) is 0 Å². The molecule has 202 valence electrons. The lowest BCUT2D eigenvalue weighted by Crippen LogP contribution is -2.48. The van der Waals surface area contributed by atoms with Gasteiger partial charge in [-0.25, -0.2) is 0 Å². The van der Waals surface area contributed by atoms with Crippen LogP contribution in [0.25, 0.3) is 22.3 Å². The molecule has 0 unspecified atom stereocenters. The Morgan fingerprint density at radius 1 is 0.775 bits per heavy atom. The first-order valence-corrected chi connectivity index (χ1v) is 14.7. The first kappa shape index (κ1) is 25.1. The zero-order valence-electron chi connectivity index (χ0n) is 23.4. The van der Waals surface area contributed by atoms with E-state index in [2.05, 4.69) is 61.5 Å². The maximum Gasteiger partial charge on any atom is 0.128 e. The van der Waals surface area contributed by atoms with Crippen LogP contribution in [-0.2, 0) is 5.41 Å². The van der Waals surface area contributed by atoms with Gasteiger partial charge in [-0.1, -0.05) is 60.7 Å². The fourth-order valence-electron chi connectivity index (χ4n) is 8.43. The Hall–Kier alpha value is -3.85. The molecule has 40 heavy (non-hydrogen) atoms. The van der Waals surface area contributed by atoms with E-state index in [-0.39, 0.29) is 5.41 Å². The Bertz CT molecular complexity index is 1550. The smallest absolute Gasteiger partial charge is 0.128 e. The van der Waals surface area contributed by atoms with Crippen LogP contribution in [0.3, 0.4) is 0 Å². The minimum Gasteiger partial charge on any atom is -0.507 e. The Morgan fingerprint density at radius 3 is 2.15 bits per heavy atom. The van der Waals surface area contributed by atoms with Crippen LogP contribution >= 0.6 is 0 Å². The van der Waals surface area contributed by atoms with E-state index in [0.29, 0.717) is 5.75 Å². The highest BCUT2D eigenvalue weighted by molar-refractivity contribution is 5.90. The predicted molar refractivity (Wildman–Crippen MR) is 164 cm³/mol. The van der Waals surface area contributed by atoms with Gasteiger partial charge in [-0.2, -0.15) is 0 Å². The van der Waals surface area contributed by atoms with E-state index in [0.717, 1.165) is 57.0 Å². The van der Waals surface area contributed by atoms with Gasteiger partial charge in [0.25, 0.3) is 0 Å². The molecule has 0 amide bonds. The number of ether oxygens (including phenoxy) is 1. The third kappa shape index (κ3) is 4.42. The Kier molecular flexibility index (Phi) is 6.26. The van der Waals surface area contributed by atoms with Crippen molar-refractivity contribution in [3.63, 3.8) is 0 Å². The van der Waals surface area contributed by atoms with Crippen molar-refractivity contribution in [2.75, 3.05) is 7.11 Å². The van der Waals surface area contributed by atoms with Gasteiger partial charge in [0.05, 0.1) is 12.8 Å². The first-order chi connectivity index (χ1) is 19.5. The quantitative estimate of drug-likeness (QED) is 0.254. The highest BCUT2D eigenvalue weighted by Crippen LogP contribution is 2.62. The average Bonchev–Trinajstić information content (AvgIpc) is 2.97. The zero-order chi connectivity index (χ0) is 27.3. The van der Waals surface area contributed by atoms with Crippen LogP contribution in [0.15, 0.2) is 89.9 Å². The number of aromatic hydroxyl groups is 1. The summed E-state index contributed by atoms with van der Waals surface area (Å²) in [6, 6.07) is 29.2. The number of phenolic OH excluding ortho intramolecular Hbond substituents is 1. The highest BCUT2D eigenvalue weighted by Gasteiger charge is 2.52. The molecule has 3 heteroatoms. The van der Waals surface area contributed by atoms with Crippen LogP contribution in [-0.4, -0.2) is 18.4 Å². The van der Waals surface area contributed by atoms with Gasteiger partial charge in [0.2, 0.25) is 0 Å². The molecule has 0 saturated heterocycles. The number of aliphatic imine (C=N–C) groups is 1. The van der Waals surface area contributed by atoms with E-state index in [1.807, 2.05) is 36.5 Å². The lowest BCUT2D eigenvalue weighted by Gasteiger charge is -2.57. The average molecular weight is 528 g/mol. The minimum absolute atomic E-state index is 0.136. The normalized spacial score (nSPS) is 25.0. The summed E-state index contributed by atoms with van der Waals surface area (Å²) in [6.07, 6.45) is 9.73. The van der Waals surface area contributed by atoms with Gasteiger partial charge in [-0.3, -0.25) is 4.99 Å². The molecule has 4 bridgehead atoms. The lowest BCUT2D eigenvalue weighted by atomic mass is 9.48. The molecular formula is C37H37NO2. The number of benzene rings is 4. The van der Waals surface area contributed by atoms with Gasteiger partial charge in [0.1, 0.15) is 11.5 Å². The molecule has 0 aliphatic heterocycles. The zero-order valence-corrected chi connectivity index (χ0v) is 23.4. The van der Waals surface area contributed by atoms with E-state index in [1.54, 1.807) is 7.11 Å². The Labute approximate surface area is 237 Å². The van der Waals surface area contributed by atoms with E-state index >= 15 is 0 Å². The Morgan fingerprint density at radius 2 is 1.45 bits per heavy atom. The standard InChI is InChI=1S/C37H37NO2/c1-24-14-30(36(39)33(15-24)37-20-25-16-26(21-37)18-27(17-25)22-37)23-38-34-11-7-6-10-31(34)32-19-29(12-13-35(32)40-2)28-8-4-3-5-9-28/h3-15,19,23,25-27,39H,16-18,20-22H2,1-2H3. The van der Waals surface area contributed by atoms with Crippen LogP contribution in [0.2, 0.25) is 0 Å². The van der Waals surface area contributed by atoms with Crippen LogP contribution in [0.1, 0.15) is 55.2 Å². The maximum atomic E-state index is 11.7. The number of phenols is 1. The summed E-state index contributed by atoms with van der Waals surface area (Å²) in [7, 11) is 1.71. The van der Waals surface area contributed by atoms with Crippen molar-refractivity contribution in [3.05, 3.63) is 102 Å². The second-order valence-corrected chi connectivity index (χ2v) is 12.5.